The quantitative estimate of drug-likeness (QED) is 0.750. The Morgan fingerprint density at radius 3 is 2.88 bits per heavy atom. The van der Waals surface area contributed by atoms with Crippen molar-refractivity contribution in [3.63, 3.8) is 0 Å². The summed E-state index contributed by atoms with van der Waals surface area (Å²) in [5.41, 5.74) is 2.81. The lowest BCUT2D eigenvalue weighted by Gasteiger charge is -2.15. The largest absolute Gasteiger partial charge is 0.484 e. The van der Waals surface area contributed by atoms with Gasteiger partial charge in [0, 0.05) is 42.0 Å². The minimum absolute atomic E-state index is 0. The number of amides is 1. The maximum absolute atomic E-state index is 12.5. The summed E-state index contributed by atoms with van der Waals surface area (Å²) in [6.45, 7) is 1.56. The number of H-pyrrole nitrogens is 1. The van der Waals surface area contributed by atoms with E-state index in [1.54, 1.807) is 13.0 Å². The van der Waals surface area contributed by atoms with Crippen LogP contribution in [0.2, 0.25) is 0 Å². The molecule has 0 radical (unpaired) electrons. The molecule has 1 aliphatic rings. The Balaban J connectivity index is 0.00000243. The standard InChI is InChI=1S/C16H17F3N4O2.ClH/c1-9-11(3-2-4-13(9)25-8-16(17,18)19)21-15(24)14-10-7-20-6-5-12(10)22-23-14;/h2-4,20H,5-8H2,1H3,(H,21,24)(H,22,23);1H. The van der Waals surface area contributed by atoms with Gasteiger partial charge in [-0.1, -0.05) is 6.07 Å². The van der Waals surface area contributed by atoms with E-state index in [1.807, 2.05) is 0 Å². The highest BCUT2D eigenvalue weighted by molar-refractivity contribution is 6.04. The number of carbonyl (C=O) groups is 1. The minimum atomic E-state index is -4.42. The van der Waals surface area contributed by atoms with Gasteiger partial charge in [0.1, 0.15) is 5.75 Å². The zero-order valence-corrected chi connectivity index (χ0v) is 14.7. The summed E-state index contributed by atoms with van der Waals surface area (Å²) in [6, 6.07) is 4.55. The molecule has 3 rings (SSSR count). The number of rotatable bonds is 4. The van der Waals surface area contributed by atoms with Crippen LogP contribution in [0.15, 0.2) is 18.2 Å². The summed E-state index contributed by atoms with van der Waals surface area (Å²) in [6.07, 6.45) is -3.66. The maximum atomic E-state index is 12.5. The van der Waals surface area contributed by atoms with Gasteiger partial charge in [0.15, 0.2) is 12.3 Å². The molecule has 0 atom stereocenters. The summed E-state index contributed by atoms with van der Waals surface area (Å²) in [5.74, 6) is -0.349. The predicted molar refractivity (Wildman–Crippen MR) is 91.9 cm³/mol. The van der Waals surface area contributed by atoms with Gasteiger partial charge in [-0.05, 0) is 19.1 Å². The van der Waals surface area contributed by atoms with Gasteiger partial charge in [0.05, 0.1) is 0 Å². The average Bonchev–Trinajstić information content (AvgIpc) is 2.99. The number of halogens is 4. The molecule has 0 unspecified atom stereocenters. The lowest BCUT2D eigenvalue weighted by Crippen LogP contribution is -2.25. The summed E-state index contributed by atoms with van der Waals surface area (Å²) < 4.78 is 41.7. The smallest absolute Gasteiger partial charge is 0.422 e. The van der Waals surface area contributed by atoms with Crippen LogP contribution in [0.25, 0.3) is 0 Å². The second-order valence-corrected chi connectivity index (χ2v) is 5.74. The fourth-order valence-electron chi connectivity index (χ4n) is 2.66. The Morgan fingerprint density at radius 1 is 1.38 bits per heavy atom. The topological polar surface area (TPSA) is 79.0 Å². The minimum Gasteiger partial charge on any atom is -0.484 e. The van der Waals surface area contributed by atoms with E-state index < -0.39 is 18.7 Å². The molecule has 1 aliphatic heterocycles. The van der Waals surface area contributed by atoms with Crippen LogP contribution in [0.1, 0.15) is 27.3 Å². The Bertz CT molecular complexity index is 792. The Labute approximate surface area is 153 Å². The van der Waals surface area contributed by atoms with Gasteiger partial charge in [-0.3, -0.25) is 9.89 Å². The molecule has 0 aliphatic carbocycles. The van der Waals surface area contributed by atoms with Crippen LogP contribution >= 0.6 is 12.4 Å². The number of anilines is 1. The number of ether oxygens (including phenoxy) is 1. The van der Waals surface area contributed by atoms with E-state index >= 15 is 0 Å². The molecule has 0 bridgehead atoms. The summed E-state index contributed by atoms with van der Waals surface area (Å²) in [4.78, 5) is 12.5. The number of alkyl halides is 3. The molecular formula is C16H18ClF3N4O2. The number of benzene rings is 1. The first-order valence-electron chi connectivity index (χ1n) is 7.72. The van der Waals surface area contributed by atoms with Crippen LogP contribution in [0.5, 0.6) is 5.75 Å². The molecule has 0 saturated carbocycles. The summed E-state index contributed by atoms with van der Waals surface area (Å²) in [7, 11) is 0. The summed E-state index contributed by atoms with van der Waals surface area (Å²) in [5, 5.41) is 12.8. The van der Waals surface area contributed by atoms with Crippen LogP contribution in [0.3, 0.4) is 0 Å². The zero-order chi connectivity index (χ0) is 18.0. The predicted octanol–water partition coefficient (Wildman–Crippen LogP) is 2.98. The second kappa shape index (κ2) is 7.96. The van der Waals surface area contributed by atoms with E-state index in [4.69, 9.17) is 4.74 Å². The number of nitrogens with zero attached hydrogens (tertiary/aromatic N) is 1. The number of nitrogens with one attached hydrogen (secondary N) is 3. The highest BCUT2D eigenvalue weighted by Gasteiger charge is 2.29. The van der Waals surface area contributed by atoms with Crippen LogP contribution in [0, 0.1) is 6.92 Å². The Kier molecular flexibility index (Phi) is 6.14. The van der Waals surface area contributed by atoms with Crippen molar-refractivity contribution in [1.82, 2.24) is 15.5 Å². The summed E-state index contributed by atoms with van der Waals surface area (Å²) >= 11 is 0. The van der Waals surface area contributed by atoms with Gasteiger partial charge in [0.25, 0.3) is 5.91 Å². The van der Waals surface area contributed by atoms with Crippen LogP contribution in [-0.4, -0.2) is 35.4 Å². The Hall–Kier alpha value is -2.26. The number of hydrogen-bond donors (Lipinski definition) is 3. The van der Waals surface area contributed by atoms with Crippen molar-refractivity contribution in [1.29, 1.82) is 0 Å². The van der Waals surface area contributed by atoms with E-state index in [0.29, 0.717) is 17.8 Å². The lowest BCUT2D eigenvalue weighted by atomic mass is 10.1. The molecule has 3 N–H and O–H groups in total. The molecule has 0 spiro atoms. The number of carbonyl (C=O) groups excluding carboxylic acids is 1. The average molecular weight is 391 g/mol. The first-order chi connectivity index (χ1) is 11.8. The van der Waals surface area contributed by atoms with Gasteiger partial charge in [-0.2, -0.15) is 18.3 Å². The second-order valence-electron chi connectivity index (χ2n) is 5.74. The molecule has 1 aromatic heterocycles. The van der Waals surface area contributed by atoms with Gasteiger partial charge >= 0.3 is 6.18 Å². The molecule has 142 valence electrons. The highest BCUT2D eigenvalue weighted by atomic mass is 35.5. The van der Waals surface area contributed by atoms with Crippen molar-refractivity contribution in [3.05, 3.63) is 40.7 Å². The first kappa shape index (κ1) is 20.1. The number of hydrogen-bond acceptors (Lipinski definition) is 4. The molecule has 2 aromatic rings. The third-order valence-electron chi connectivity index (χ3n) is 3.95. The normalized spacial score (nSPS) is 13.5. The van der Waals surface area contributed by atoms with Crippen molar-refractivity contribution >= 4 is 24.0 Å². The molecule has 1 amide bonds. The van der Waals surface area contributed by atoms with Gasteiger partial charge in [-0.15, -0.1) is 12.4 Å². The third kappa shape index (κ3) is 4.47. The van der Waals surface area contributed by atoms with Crippen LogP contribution < -0.4 is 15.4 Å². The fraction of sp³-hybridized carbons (Fsp3) is 0.375. The molecule has 10 heteroatoms. The Morgan fingerprint density at radius 2 is 2.15 bits per heavy atom. The van der Waals surface area contributed by atoms with Gasteiger partial charge < -0.3 is 15.4 Å². The van der Waals surface area contributed by atoms with Crippen molar-refractivity contribution in [2.45, 2.75) is 26.1 Å². The number of fused-ring (bicyclic) bond motifs is 1. The molecular weight excluding hydrogens is 373 g/mol. The van der Waals surface area contributed by atoms with Crippen LogP contribution in [0.4, 0.5) is 18.9 Å². The monoisotopic (exact) mass is 390 g/mol. The molecule has 26 heavy (non-hydrogen) atoms. The van der Waals surface area contributed by atoms with E-state index in [0.717, 1.165) is 24.2 Å². The van der Waals surface area contributed by atoms with Crippen molar-refractivity contribution in [3.8, 4) is 5.75 Å². The lowest BCUT2D eigenvalue weighted by molar-refractivity contribution is -0.153. The SMILES string of the molecule is Cc1c(NC(=O)c2n[nH]c3c2CNCC3)cccc1OCC(F)(F)F.Cl. The van der Waals surface area contributed by atoms with Crippen molar-refractivity contribution in [2.24, 2.45) is 0 Å². The molecule has 1 aromatic carbocycles. The molecule has 6 nitrogen and oxygen atoms in total. The van der Waals surface area contributed by atoms with Gasteiger partial charge in [-0.25, -0.2) is 0 Å². The zero-order valence-electron chi connectivity index (χ0n) is 13.9. The molecule has 0 fully saturated rings. The third-order valence-corrected chi connectivity index (χ3v) is 3.95. The van der Waals surface area contributed by atoms with E-state index in [2.05, 4.69) is 20.8 Å². The van der Waals surface area contributed by atoms with E-state index in [-0.39, 0.29) is 23.9 Å². The van der Waals surface area contributed by atoms with Gasteiger partial charge in [0.2, 0.25) is 0 Å². The van der Waals surface area contributed by atoms with Crippen LogP contribution in [-0.2, 0) is 13.0 Å². The van der Waals surface area contributed by atoms with Crippen molar-refractivity contribution < 1.29 is 22.7 Å². The fourth-order valence-corrected chi connectivity index (χ4v) is 2.66. The maximum Gasteiger partial charge on any atom is 0.422 e. The van der Waals surface area contributed by atoms with Crippen molar-refractivity contribution in [2.75, 3.05) is 18.5 Å². The molecule has 2 heterocycles. The highest BCUT2D eigenvalue weighted by Crippen LogP contribution is 2.28. The van der Waals surface area contributed by atoms with E-state index in [9.17, 15) is 18.0 Å². The molecule has 0 saturated heterocycles. The number of aromatic amines is 1. The number of aromatic nitrogens is 2. The first-order valence-corrected chi connectivity index (χ1v) is 7.72. The van der Waals surface area contributed by atoms with E-state index in [1.165, 1.54) is 12.1 Å².